The lowest BCUT2D eigenvalue weighted by atomic mass is 10.1. The SMILES string of the molecule is CCN(Cc1cn2ccccc2n1)C(=O)c1cc2c(cc1C)nc(N)c1cnc(C)n12. The minimum Gasteiger partial charge on any atom is -0.382 e. The summed E-state index contributed by atoms with van der Waals surface area (Å²) in [5.74, 6) is 1.18. The first-order valence-corrected chi connectivity index (χ1v) is 10.2. The van der Waals surface area contributed by atoms with Crippen LogP contribution in [0.5, 0.6) is 0 Å². The lowest BCUT2D eigenvalue weighted by molar-refractivity contribution is 0.0750. The van der Waals surface area contributed by atoms with Crippen molar-refractivity contribution in [2.75, 3.05) is 12.3 Å². The molecule has 0 saturated heterocycles. The highest BCUT2D eigenvalue weighted by Crippen LogP contribution is 2.25. The topological polar surface area (TPSA) is 93.8 Å². The Morgan fingerprint density at radius 2 is 2.00 bits per heavy atom. The number of carbonyl (C=O) groups is 1. The lowest BCUT2D eigenvalue weighted by Crippen LogP contribution is -2.31. The van der Waals surface area contributed by atoms with Crippen LogP contribution in [0.4, 0.5) is 5.82 Å². The molecule has 5 aromatic rings. The summed E-state index contributed by atoms with van der Waals surface area (Å²) in [6.45, 7) is 6.82. The van der Waals surface area contributed by atoms with Gasteiger partial charge in [-0.15, -0.1) is 0 Å². The first kappa shape index (κ1) is 19.0. The fourth-order valence-corrected chi connectivity index (χ4v) is 4.05. The number of hydrogen-bond donors (Lipinski definition) is 1. The number of carbonyl (C=O) groups excluding carboxylic acids is 1. The van der Waals surface area contributed by atoms with E-state index in [0.29, 0.717) is 24.5 Å². The lowest BCUT2D eigenvalue weighted by Gasteiger charge is -2.21. The number of pyridine rings is 1. The van der Waals surface area contributed by atoms with Gasteiger partial charge in [0.1, 0.15) is 22.8 Å². The first-order valence-electron chi connectivity index (χ1n) is 10.2. The highest BCUT2D eigenvalue weighted by Gasteiger charge is 2.20. The predicted molar refractivity (Wildman–Crippen MR) is 120 cm³/mol. The zero-order chi connectivity index (χ0) is 21.7. The number of rotatable bonds is 4. The normalized spacial score (nSPS) is 11.6. The summed E-state index contributed by atoms with van der Waals surface area (Å²) in [5, 5.41) is 0. The summed E-state index contributed by atoms with van der Waals surface area (Å²) in [6.07, 6.45) is 5.62. The third-order valence-electron chi connectivity index (χ3n) is 5.67. The molecule has 156 valence electrons. The van der Waals surface area contributed by atoms with E-state index in [1.807, 2.05) is 72.3 Å². The molecule has 31 heavy (non-hydrogen) atoms. The third kappa shape index (κ3) is 3.07. The van der Waals surface area contributed by atoms with Gasteiger partial charge in [0, 0.05) is 24.5 Å². The number of amides is 1. The Kier molecular flexibility index (Phi) is 4.35. The van der Waals surface area contributed by atoms with E-state index in [4.69, 9.17) is 5.73 Å². The predicted octanol–water partition coefficient (Wildman–Crippen LogP) is 3.39. The van der Waals surface area contributed by atoms with Crippen molar-refractivity contribution in [1.29, 1.82) is 0 Å². The van der Waals surface area contributed by atoms with Gasteiger partial charge in [0.15, 0.2) is 0 Å². The van der Waals surface area contributed by atoms with E-state index in [-0.39, 0.29) is 5.91 Å². The molecule has 0 aliphatic carbocycles. The van der Waals surface area contributed by atoms with Crippen LogP contribution in [0.3, 0.4) is 0 Å². The van der Waals surface area contributed by atoms with Gasteiger partial charge in [0.2, 0.25) is 0 Å². The van der Waals surface area contributed by atoms with Crippen LogP contribution < -0.4 is 5.73 Å². The van der Waals surface area contributed by atoms with Gasteiger partial charge >= 0.3 is 0 Å². The van der Waals surface area contributed by atoms with Crippen molar-refractivity contribution < 1.29 is 4.79 Å². The summed E-state index contributed by atoms with van der Waals surface area (Å²) in [5.41, 5.74) is 11.6. The van der Waals surface area contributed by atoms with E-state index in [2.05, 4.69) is 15.0 Å². The standard InChI is InChI=1S/C23H23N7O/c1-4-28(12-16-13-29-8-6-5-7-21(29)26-16)23(31)17-10-19-18(9-14(17)2)27-22(24)20-11-25-15(3)30(19)20/h5-11,13H,4,12H2,1-3H3,(H2,24,27). The molecule has 1 amide bonds. The van der Waals surface area contributed by atoms with Crippen molar-refractivity contribution in [2.24, 2.45) is 0 Å². The number of anilines is 1. The van der Waals surface area contributed by atoms with E-state index in [1.54, 1.807) is 11.1 Å². The van der Waals surface area contributed by atoms with Crippen LogP contribution in [-0.2, 0) is 6.54 Å². The molecule has 0 fully saturated rings. The van der Waals surface area contributed by atoms with Crippen molar-refractivity contribution in [3.8, 4) is 0 Å². The number of nitrogens with zero attached hydrogens (tertiary/aromatic N) is 6. The number of aromatic nitrogens is 5. The number of nitrogen functional groups attached to an aromatic ring is 1. The molecule has 0 radical (unpaired) electrons. The molecule has 2 N–H and O–H groups in total. The van der Waals surface area contributed by atoms with Crippen LogP contribution in [0.15, 0.2) is 48.9 Å². The molecule has 0 aliphatic heterocycles. The van der Waals surface area contributed by atoms with Gasteiger partial charge in [-0.2, -0.15) is 0 Å². The summed E-state index contributed by atoms with van der Waals surface area (Å²) in [6, 6.07) is 9.67. The molecule has 8 heteroatoms. The Bertz CT molecular complexity index is 1430. The van der Waals surface area contributed by atoms with E-state index in [0.717, 1.165) is 39.3 Å². The summed E-state index contributed by atoms with van der Waals surface area (Å²) < 4.78 is 3.91. The maximum Gasteiger partial charge on any atom is 0.254 e. The quantitative estimate of drug-likeness (QED) is 0.487. The Balaban J connectivity index is 1.57. The second-order valence-corrected chi connectivity index (χ2v) is 7.70. The summed E-state index contributed by atoms with van der Waals surface area (Å²) in [7, 11) is 0. The number of benzene rings is 1. The molecule has 1 aromatic carbocycles. The fourth-order valence-electron chi connectivity index (χ4n) is 4.05. The van der Waals surface area contributed by atoms with Crippen molar-refractivity contribution in [3.63, 3.8) is 0 Å². The van der Waals surface area contributed by atoms with Gasteiger partial charge in [-0.25, -0.2) is 15.0 Å². The molecule has 0 bridgehead atoms. The number of hydrogen-bond acceptors (Lipinski definition) is 5. The van der Waals surface area contributed by atoms with Gasteiger partial charge in [0.05, 0.1) is 29.5 Å². The van der Waals surface area contributed by atoms with Crippen molar-refractivity contribution in [3.05, 3.63) is 71.6 Å². The van der Waals surface area contributed by atoms with Crippen molar-refractivity contribution >= 4 is 33.9 Å². The maximum absolute atomic E-state index is 13.5. The highest BCUT2D eigenvalue weighted by molar-refractivity contribution is 5.99. The van der Waals surface area contributed by atoms with Crippen molar-refractivity contribution in [1.82, 2.24) is 28.7 Å². The molecule has 4 aromatic heterocycles. The van der Waals surface area contributed by atoms with Crippen LogP contribution in [0, 0.1) is 13.8 Å². The minimum atomic E-state index is -0.0401. The van der Waals surface area contributed by atoms with E-state index in [1.165, 1.54) is 0 Å². The summed E-state index contributed by atoms with van der Waals surface area (Å²) in [4.78, 5) is 28.8. The Morgan fingerprint density at radius 1 is 1.16 bits per heavy atom. The zero-order valence-electron chi connectivity index (χ0n) is 17.7. The monoisotopic (exact) mass is 413 g/mol. The highest BCUT2D eigenvalue weighted by atomic mass is 16.2. The molecule has 8 nitrogen and oxygen atoms in total. The molecular formula is C23H23N7O. The van der Waals surface area contributed by atoms with Gasteiger partial charge in [-0.3, -0.25) is 9.20 Å². The number of fused-ring (bicyclic) bond motifs is 4. The second kappa shape index (κ2) is 7.09. The van der Waals surface area contributed by atoms with E-state index in [9.17, 15) is 4.79 Å². The zero-order valence-corrected chi connectivity index (χ0v) is 17.7. The molecule has 0 unspecified atom stereocenters. The average Bonchev–Trinajstić information content (AvgIpc) is 3.35. The largest absolute Gasteiger partial charge is 0.382 e. The molecular weight excluding hydrogens is 390 g/mol. The Morgan fingerprint density at radius 3 is 2.77 bits per heavy atom. The molecule has 4 heterocycles. The van der Waals surface area contributed by atoms with E-state index < -0.39 is 0 Å². The maximum atomic E-state index is 13.5. The van der Waals surface area contributed by atoms with Gasteiger partial charge < -0.3 is 15.0 Å². The molecule has 0 saturated carbocycles. The third-order valence-corrected chi connectivity index (χ3v) is 5.67. The number of aryl methyl sites for hydroxylation is 2. The van der Waals surface area contributed by atoms with Gasteiger partial charge in [-0.05, 0) is 50.6 Å². The van der Waals surface area contributed by atoms with Crippen LogP contribution in [0.1, 0.15) is 34.4 Å². The van der Waals surface area contributed by atoms with Gasteiger partial charge in [0.25, 0.3) is 5.91 Å². The van der Waals surface area contributed by atoms with Crippen LogP contribution in [0.25, 0.3) is 22.2 Å². The van der Waals surface area contributed by atoms with Crippen LogP contribution in [-0.4, -0.2) is 41.1 Å². The van der Waals surface area contributed by atoms with E-state index >= 15 is 0 Å². The van der Waals surface area contributed by atoms with Crippen LogP contribution in [0.2, 0.25) is 0 Å². The number of nitrogens with two attached hydrogens (primary N) is 1. The molecule has 0 aliphatic rings. The molecule has 0 atom stereocenters. The van der Waals surface area contributed by atoms with Crippen molar-refractivity contribution in [2.45, 2.75) is 27.3 Å². The van der Waals surface area contributed by atoms with Gasteiger partial charge in [-0.1, -0.05) is 6.07 Å². The Labute approximate surface area is 179 Å². The van der Waals surface area contributed by atoms with Crippen LogP contribution >= 0.6 is 0 Å². The smallest absolute Gasteiger partial charge is 0.254 e. The minimum absolute atomic E-state index is 0.0401. The fraction of sp³-hybridized carbons (Fsp3) is 0.217. The summed E-state index contributed by atoms with van der Waals surface area (Å²) >= 11 is 0. The molecule has 0 spiro atoms. The molecule has 5 rings (SSSR count). The Hall–Kier alpha value is -3.94. The number of imidazole rings is 2. The second-order valence-electron chi connectivity index (χ2n) is 7.70. The average molecular weight is 413 g/mol. The first-order chi connectivity index (χ1) is 15.0.